The molecule has 2 aromatic rings. The van der Waals surface area contributed by atoms with Crippen molar-refractivity contribution in [1.82, 2.24) is 19.7 Å². The van der Waals surface area contributed by atoms with Gasteiger partial charge < -0.3 is 4.57 Å². The molecule has 2 heterocycles. The average molecular weight is 277 g/mol. The largest absolute Gasteiger partial charge is 0.339 e. The zero-order valence-corrected chi connectivity index (χ0v) is 10.5. The molecule has 0 aromatic carbocycles. The summed E-state index contributed by atoms with van der Waals surface area (Å²) in [5.74, 6) is 0. The van der Waals surface area contributed by atoms with E-state index < -0.39 is 10.0 Å². The first kappa shape index (κ1) is 11.2. The lowest BCUT2D eigenvalue weighted by molar-refractivity contribution is 0.598. The van der Waals surface area contributed by atoms with Gasteiger partial charge in [-0.15, -0.1) is 5.10 Å². The van der Waals surface area contributed by atoms with Crippen molar-refractivity contribution in [3.8, 4) is 0 Å². The SMILES string of the molecule is Cn1cnc(S(=O)(=O)Nc2n[nH]c(=S)s2)c1. The first-order valence-corrected chi connectivity index (χ1v) is 6.74. The van der Waals surface area contributed by atoms with E-state index in [1.165, 1.54) is 12.5 Å². The summed E-state index contributed by atoms with van der Waals surface area (Å²) >= 11 is 5.83. The van der Waals surface area contributed by atoms with Gasteiger partial charge in [0.15, 0.2) is 8.98 Å². The zero-order chi connectivity index (χ0) is 11.8. The number of aromatic amines is 1. The Kier molecular flexibility index (Phi) is 2.78. The van der Waals surface area contributed by atoms with Gasteiger partial charge in [-0.2, -0.15) is 8.42 Å². The van der Waals surface area contributed by atoms with Gasteiger partial charge in [-0.3, -0.25) is 9.82 Å². The van der Waals surface area contributed by atoms with Crippen LogP contribution in [0.3, 0.4) is 0 Å². The molecule has 0 amide bonds. The summed E-state index contributed by atoms with van der Waals surface area (Å²) in [6.45, 7) is 0. The fraction of sp³-hybridized carbons (Fsp3) is 0.167. The monoisotopic (exact) mass is 277 g/mol. The van der Waals surface area contributed by atoms with Gasteiger partial charge >= 0.3 is 0 Å². The van der Waals surface area contributed by atoms with E-state index in [9.17, 15) is 8.42 Å². The van der Waals surface area contributed by atoms with Crippen LogP contribution in [0, 0.1) is 3.95 Å². The highest BCUT2D eigenvalue weighted by atomic mass is 32.2. The molecule has 0 aliphatic carbocycles. The topological polar surface area (TPSA) is 92.7 Å². The molecule has 16 heavy (non-hydrogen) atoms. The molecule has 0 aliphatic rings. The predicted molar refractivity (Wildman–Crippen MR) is 61.3 cm³/mol. The molecule has 0 fully saturated rings. The molecule has 2 N–H and O–H groups in total. The number of hydrogen-bond donors (Lipinski definition) is 2. The summed E-state index contributed by atoms with van der Waals surface area (Å²) in [5, 5.41) is 6.31. The van der Waals surface area contributed by atoms with E-state index in [4.69, 9.17) is 12.2 Å². The molecule has 7 nitrogen and oxygen atoms in total. The summed E-state index contributed by atoms with van der Waals surface area (Å²) < 4.78 is 27.7. The molecule has 2 aromatic heterocycles. The molecule has 2 rings (SSSR count). The number of imidazole rings is 1. The third kappa shape index (κ3) is 2.28. The van der Waals surface area contributed by atoms with Crippen molar-refractivity contribution in [2.45, 2.75) is 5.03 Å². The number of nitrogens with one attached hydrogen (secondary N) is 2. The molecule has 0 radical (unpaired) electrons. The Morgan fingerprint density at radius 2 is 2.38 bits per heavy atom. The lowest BCUT2D eigenvalue weighted by Crippen LogP contribution is -2.13. The van der Waals surface area contributed by atoms with Crippen molar-refractivity contribution in [3.05, 3.63) is 16.5 Å². The van der Waals surface area contributed by atoms with Gasteiger partial charge in [-0.05, 0) is 12.2 Å². The van der Waals surface area contributed by atoms with Crippen LogP contribution in [-0.4, -0.2) is 28.2 Å². The molecular formula is C6H7N5O2S3. The summed E-state index contributed by atoms with van der Waals surface area (Å²) in [6.07, 6.45) is 2.80. The van der Waals surface area contributed by atoms with Crippen LogP contribution in [0.25, 0.3) is 0 Å². The zero-order valence-electron chi connectivity index (χ0n) is 8.04. The minimum Gasteiger partial charge on any atom is -0.339 e. The highest BCUT2D eigenvalue weighted by Crippen LogP contribution is 2.16. The van der Waals surface area contributed by atoms with Crippen LogP contribution in [0.2, 0.25) is 0 Å². The fourth-order valence-electron chi connectivity index (χ4n) is 0.968. The van der Waals surface area contributed by atoms with Crippen molar-refractivity contribution in [2.24, 2.45) is 7.05 Å². The number of nitrogens with zero attached hydrogens (tertiary/aromatic N) is 3. The molecule has 10 heteroatoms. The van der Waals surface area contributed by atoms with E-state index >= 15 is 0 Å². The molecule has 0 bridgehead atoms. The number of sulfonamides is 1. The number of aromatic nitrogens is 4. The summed E-state index contributed by atoms with van der Waals surface area (Å²) in [6, 6.07) is 0. The van der Waals surface area contributed by atoms with E-state index in [1.807, 2.05) is 0 Å². The average Bonchev–Trinajstić information content (AvgIpc) is 2.75. The minimum atomic E-state index is -3.68. The van der Waals surface area contributed by atoms with Crippen molar-refractivity contribution in [3.63, 3.8) is 0 Å². The predicted octanol–water partition coefficient (Wildman–Crippen LogP) is 0.735. The number of rotatable bonds is 3. The van der Waals surface area contributed by atoms with Gasteiger partial charge in [0.1, 0.15) is 0 Å². The van der Waals surface area contributed by atoms with Crippen molar-refractivity contribution < 1.29 is 8.42 Å². The van der Waals surface area contributed by atoms with Gasteiger partial charge in [-0.25, -0.2) is 4.98 Å². The lowest BCUT2D eigenvalue weighted by atomic mass is 10.9. The Bertz CT molecular complexity index is 652. The Morgan fingerprint density at radius 3 is 2.88 bits per heavy atom. The Morgan fingerprint density at radius 1 is 1.62 bits per heavy atom. The number of anilines is 1. The van der Waals surface area contributed by atoms with Crippen LogP contribution < -0.4 is 4.72 Å². The second kappa shape index (κ2) is 3.96. The standard InChI is InChI=1S/C6H7N5O2S3/c1-11-2-4(7-3-11)16(12,13)10-5-8-9-6(14)15-5/h2-3H,1H3,(H,8,10)(H,9,14). The maximum absolute atomic E-state index is 11.8. The Labute approximate surface area is 100 Å². The summed E-state index contributed by atoms with van der Waals surface area (Å²) in [7, 11) is -1.99. The molecule has 0 spiro atoms. The third-order valence-corrected chi connectivity index (χ3v) is 3.97. The van der Waals surface area contributed by atoms with Gasteiger partial charge in [0, 0.05) is 13.2 Å². The van der Waals surface area contributed by atoms with Gasteiger partial charge in [-0.1, -0.05) is 11.3 Å². The van der Waals surface area contributed by atoms with Gasteiger partial charge in [0.25, 0.3) is 10.0 Å². The normalized spacial score (nSPS) is 11.6. The van der Waals surface area contributed by atoms with Crippen molar-refractivity contribution in [1.29, 1.82) is 0 Å². The fourth-order valence-corrected chi connectivity index (χ4v) is 2.98. The second-order valence-corrected chi connectivity index (χ2v) is 6.20. The Balaban J connectivity index is 2.30. The summed E-state index contributed by atoms with van der Waals surface area (Å²) in [5.41, 5.74) is 0. The van der Waals surface area contributed by atoms with Crippen LogP contribution in [0.5, 0.6) is 0 Å². The molecule has 0 saturated carbocycles. The van der Waals surface area contributed by atoms with Crippen LogP contribution in [-0.2, 0) is 17.1 Å². The van der Waals surface area contributed by atoms with E-state index in [0.29, 0.717) is 3.95 Å². The smallest absolute Gasteiger partial charge is 0.282 e. The highest BCUT2D eigenvalue weighted by Gasteiger charge is 2.18. The number of aryl methyl sites for hydroxylation is 1. The van der Waals surface area contributed by atoms with E-state index in [0.717, 1.165) is 11.3 Å². The molecule has 86 valence electrons. The first-order chi connectivity index (χ1) is 7.47. The van der Waals surface area contributed by atoms with Gasteiger partial charge in [0.2, 0.25) is 5.13 Å². The van der Waals surface area contributed by atoms with Gasteiger partial charge in [0.05, 0.1) is 6.33 Å². The molecule has 0 saturated heterocycles. The van der Waals surface area contributed by atoms with Crippen molar-refractivity contribution in [2.75, 3.05) is 4.72 Å². The van der Waals surface area contributed by atoms with E-state index in [-0.39, 0.29) is 10.2 Å². The van der Waals surface area contributed by atoms with E-state index in [1.54, 1.807) is 11.6 Å². The van der Waals surface area contributed by atoms with Crippen LogP contribution >= 0.6 is 23.6 Å². The highest BCUT2D eigenvalue weighted by molar-refractivity contribution is 7.92. The second-order valence-electron chi connectivity index (χ2n) is 2.90. The maximum Gasteiger partial charge on any atom is 0.282 e. The first-order valence-electron chi connectivity index (χ1n) is 4.04. The molecular weight excluding hydrogens is 270 g/mol. The maximum atomic E-state index is 11.8. The lowest BCUT2D eigenvalue weighted by Gasteiger charge is -1.99. The summed E-state index contributed by atoms with van der Waals surface area (Å²) in [4.78, 5) is 3.74. The quantitative estimate of drug-likeness (QED) is 0.807. The minimum absolute atomic E-state index is 0.0591. The van der Waals surface area contributed by atoms with E-state index in [2.05, 4.69) is 19.9 Å². The number of hydrogen-bond acceptors (Lipinski definition) is 6. The molecule has 0 atom stereocenters. The third-order valence-electron chi connectivity index (χ3n) is 1.62. The number of H-pyrrole nitrogens is 1. The van der Waals surface area contributed by atoms with Crippen LogP contribution in [0.1, 0.15) is 0 Å². The van der Waals surface area contributed by atoms with Crippen molar-refractivity contribution >= 4 is 38.7 Å². The molecule has 0 unspecified atom stereocenters. The Hall–Kier alpha value is -1.26. The van der Waals surface area contributed by atoms with Crippen LogP contribution in [0.15, 0.2) is 17.6 Å². The molecule has 0 aliphatic heterocycles. The van der Waals surface area contributed by atoms with Crippen LogP contribution in [0.4, 0.5) is 5.13 Å².